The molecule has 0 fully saturated rings. The number of hydrogen-bond acceptors (Lipinski definition) is 3. The quantitative estimate of drug-likeness (QED) is 0.656. The third kappa shape index (κ3) is 6.65. The van der Waals surface area contributed by atoms with Crippen LogP contribution in [0.15, 0.2) is 48.5 Å². The number of benzene rings is 2. The largest absolute Gasteiger partial charge is 0.491 e. The van der Waals surface area contributed by atoms with E-state index in [1.54, 1.807) is 0 Å². The fourth-order valence-electron chi connectivity index (χ4n) is 2.23. The summed E-state index contributed by atoms with van der Waals surface area (Å²) >= 11 is 11.3. The number of rotatable bonds is 7. The average Bonchev–Trinajstić information content (AvgIpc) is 2.62. The molecule has 1 unspecified atom stereocenters. The molecule has 2 N–H and O–H groups in total. The normalized spacial score (nSPS) is 11.5. The van der Waals surface area contributed by atoms with Crippen LogP contribution in [0.3, 0.4) is 0 Å². The molecule has 0 aromatic heterocycles. The summed E-state index contributed by atoms with van der Waals surface area (Å²) in [5.74, 6) is 0.652. The van der Waals surface area contributed by atoms with Crippen molar-refractivity contribution >= 4 is 40.5 Å². The highest BCUT2D eigenvalue weighted by Gasteiger charge is 2.08. The SMILES string of the molecule is CCC(C)Oc1ccc(NC(=S)NC(=O)CCc2ccccc2Cl)cc1. The van der Waals surface area contributed by atoms with Gasteiger partial charge in [0, 0.05) is 17.1 Å². The van der Waals surface area contributed by atoms with E-state index in [4.69, 9.17) is 28.6 Å². The van der Waals surface area contributed by atoms with E-state index < -0.39 is 0 Å². The number of thiocarbonyl (C=S) groups is 1. The van der Waals surface area contributed by atoms with Crippen LogP contribution in [0.2, 0.25) is 5.02 Å². The van der Waals surface area contributed by atoms with Crippen molar-refractivity contribution in [3.63, 3.8) is 0 Å². The number of anilines is 1. The van der Waals surface area contributed by atoms with Gasteiger partial charge in [-0.1, -0.05) is 36.7 Å². The lowest BCUT2D eigenvalue weighted by atomic mass is 10.1. The molecule has 2 aromatic rings. The molecule has 2 aromatic carbocycles. The molecule has 2 rings (SSSR count). The highest BCUT2D eigenvalue weighted by atomic mass is 35.5. The Labute approximate surface area is 164 Å². The number of carbonyl (C=O) groups is 1. The lowest BCUT2D eigenvalue weighted by Gasteiger charge is -2.14. The third-order valence-corrected chi connectivity index (χ3v) is 4.43. The van der Waals surface area contributed by atoms with E-state index in [0.29, 0.717) is 17.9 Å². The van der Waals surface area contributed by atoms with Crippen molar-refractivity contribution in [3.05, 3.63) is 59.1 Å². The number of carbonyl (C=O) groups excluding carboxylic acids is 1. The first-order valence-corrected chi connectivity index (χ1v) is 9.37. The van der Waals surface area contributed by atoms with E-state index in [2.05, 4.69) is 17.6 Å². The predicted molar refractivity (Wildman–Crippen MR) is 111 cm³/mol. The van der Waals surface area contributed by atoms with Crippen LogP contribution in [0.25, 0.3) is 0 Å². The van der Waals surface area contributed by atoms with Crippen LogP contribution in [0.1, 0.15) is 32.3 Å². The Kier molecular flexibility index (Phi) is 7.88. The molecule has 1 amide bonds. The Morgan fingerprint density at radius 2 is 1.88 bits per heavy atom. The minimum absolute atomic E-state index is 0.154. The van der Waals surface area contributed by atoms with Gasteiger partial charge in [-0.15, -0.1) is 0 Å². The first kappa shape index (κ1) is 20.2. The van der Waals surface area contributed by atoms with Gasteiger partial charge in [0.05, 0.1) is 6.10 Å². The van der Waals surface area contributed by atoms with Crippen LogP contribution >= 0.6 is 23.8 Å². The van der Waals surface area contributed by atoms with Crippen molar-refractivity contribution in [2.75, 3.05) is 5.32 Å². The average molecular weight is 391 g/mol. The molecular weight excluding hydrogens is 368 g/mol. The molecule has 6 heteroatoms. The Morgan fingerprint density at radius 3 is 2.54 bits per heavy atom. The Bertz CT molecular complexity index is 750. The van der Waals surface area contributed by atoms with Crippen molar-refractivity contribution in [2.24, 2.45) is 0 Å². The Hall–Kier alpha value is -2.11. The second-order valence-electron chi connectivity index (χ2n) is 5.95. The first-order chi connectivity index (χ1) is 12.5. The minimum Gasteiger partial charge on any atom is -0.491 e. The number of halogens is 1. The number of ether oxygens (including phenoxy) is 1. The van der Waals surface area contributed by atoms with E-state index in [1.165, 1.54) is 0 Å². The predicted octanol–water partition coefficient (Wildman–Crippen LogP) is 4.96. The molecule has 0 saturated heterocycles. The molecule has 0 aliphatic rings. The van der Waals surface area contributed by atoms with Gasteiger partial charge in [-0.2, -0.15) is 0 Å². The lowest BCUT2D eigenvalue weighted by molar-refractivity contribution is -0.119. The summed E-state index contributed by atoms with van der Waals surface area (Å²) in [5.41, 5.74) is 1.73. The molecule has 0 bridgehead atoms. The zero-order valence-corrected chi connectivity index (χ0v) is 16.5. The first-order valence-electron chi connectivity index (χ1n) is 8.59. The molecule has 0 aliphatic heterocycles. The molecule has 0 radical (unpaired) electrons. The van der Waals surface area contributed by atoms with Crippen LogP contribution in [-0.4, -0.2) is 17.1 Å². The number of amides is 1. The topological polar surface area (TPSA) is 50.4 Å². The minimum atomic E-state index is -0.154. The summed E-state index contributed by atoms with van der Waals surface area (Å²) < 4.78 is 5.73. The molecular formula is C20H23ClN2O2S. The van der Waals surface area contributed by atoms with Crippen molar-refractivity contribution in [3.8, 4) is 5.75 Å². The summed E-state index contributed by atoms with van der Waals surface area (Å²) in [6, 6.07) is 15.0. The van der Waals surface area contributed by atoms with Crippen molar-refractivity contribution in [2.45, 2.75) is 39.2 Å². The second kappa shape index (κ2) is 10.1. The van der Waals surface area contributed by atoms with Gasteiger partial charge in [-0.05, 0) is 67.9 Å². The summed E-state index contributed by atoms with van der Waals surface area (Å²) in [7, 11) is 0. The van der Waals surface area contributed by atoms with Crippen LogP contribution < -0.4 is 15.4 Å². The molecule has 0 heterocycles. The maximum atomic E-state index is 12.0. The Morgan fingerprint density at radius 1 is 1.19 bits per heavy atom. The van der Waals surface area contributed by atoms with Gasteiger partial charge in [-0.3, -0.25) is 4.79 Å². The molecule has 138 valence electrons. The zero-order chi connectivity index (χ0) is 18.9. The zero-order valence-electron chi connectivity index (χ0n) is 14.9. The molecule has 1 atom stereocenters. The number of hydrogen-bond donors (Lipinski definition) is 2. The fourth-order valence-corrected chi connectivity index (χ4v) is 2.70. The molecule has 4 nitrogen and oxygen atoms in total. The standard InChI is InChI=1S/C20H23ClN2O2S/c1-3-14(2)25-17-11-9-16(10-12-17)22-20(26)23-19(24)13-8-15-6-4-5-7-18(15)21/h4-7,9-12,14H,3,8,13H2,1-2H3,(H2,22,23,24,26). The van der Waals surface area contributed by atoms with Crippen LogP contribution in [-0.2, 0) is 11.2 Å². The molecule has 0 saturated carbocycles. The van der Waals surface area contributed by atoms with E-state index in [0.717, 1.165) is 23.4 Å². The summed E-state index contributed by atoms with van der Waals surface area (Å²) in [4.78, 5) is 12.0. The summed E-state index contributed by atoms with van der Waals surface area (Å²) in [6.07, 6.45) is 2.00. The van der Waals surface area contributed by atoms with Crippen molar-refractivity contribution in [1.29, 1.82) is 0 Å². The van der Waals surface area contributed by atoms with Gasteiger partial charge >= 0.3 is 0 Å². The van der Waals surface area contributed by atoms with Gasteiger partial charge in [0.25, 0.3) is 0 Å². The molecule has 26 heavy (non-hydrogen) atoms. The summed E-state index contributed by atoms with van der Waals surface area (Å²) in [6.45, 7) is 4.10. The fraction of sp³-hybridized carbons (Fsp3) is 0.300. The van der Waals surface area contributed by atoms with E-state index in [-0.39, 0.29) is 17.1 Å². The van der Waals surface area contributed by atoms with E-state index >= 15 is 0 Å². The maximum absolute atomic E-state index is 12.0. The van der Waals surface area contributed by atoms with Crippen LogP contribution in [0.4, 0.5) is 5.69 Å². The highest BCUT2D eigenvalue weighted by Crippen LogP contribution is 2.18. The summed E-state index contributed by atoms with van der Waals surface area (Å²) in [5, 5.41) is 6.61. The smallest absolute Gasteiger partial charge is 0.226 e. The van der Waals surface area contributed by atoms with Gasteiger partial charge in [0.15, 0.2) is 5.11 Å². The lowest BCUT2D eigenvalue weighted by Crippen LogP contribution is -2.34. The maximum Gasteiger partial charge on any atom is 0.226 e. The van der Waals surface area contributed by atoms with Crippen molar-refractivity contribution in [1.82, 2.24) is 5.32 Å². The van der Waals surface area contributed by atoms with Gasteiger partial charge < -0.3 is 15.4 Å². The molecule has 0 spiro atoms. The number of aryl methyl sites for hydroxylation is 1. The monoisotopic (exact) mass is 390 g/mol. The van der Waals surface area contributed by atoms with E-state index in [1.807, 2.05) is 55.5 Å². The second-order valence-corrected chi connectivity index (χ2v) is 6.77. The highest BCUT2D eigenvalue weighted by molar-refractivity contribution is 7.80. The van der Waals surface area contributed by atoms with Gasteiger partial charge in [0.2, 0.25) is 5.91 Å². The van der Waals surface area contributed by atoms with Crippen LogP contribution in [0.5, 0.6) is 5.75 Å². The van der Waals surface area contributed by atoms with Crippen molar-refractivity contribution < 1.29 is 9.53 Å². The number of nitrogens with one attached hydrogen (secondary N) is 2. The van der Waals surface area contributed by atoms with Crippen LogP contribution in [0, 0.1) is 0 Å². The van der Waals surface area contributed by atoms with Gasteiger partial charge in [-0.25, -0.2) is 0 Å². The third-order valence-electron chi connectivity index (χ3n) is 3.86. The molecule has 0 aliphatic carbocycles. The van der Waals surface area contributed by atoms with Gasteiger partial charge in [0.1, 0.15) is 5.75 Å². The Balaban J connectivity index is 1.78. The van der Waals surface area contributed by atoms with E-state index in [9.17, 15) is 4.79 Å².